The van der Waals surface area contributed by atoms with Gasteiger partial charge in [-0.05, 0) is 72.9 Å². The van der Waals surface area contributed by atoms with E-state index in [0.29, 0.717) is 12.8 Å². The molecule has 0 aliphatic carbocycles. The zero-order valence-electron chi connectivity index (χ0n) is 38.3. The molecule has 0 aromatic rings. The number of carbonyl (C=O) groups is 4. The quantitative estimate of drug-likeness (QED) is 0.124. The summed E-state index contributed by atoms with van der Waals surface area (Å²) >= 11 is 0. The van der Waals surface area contributed by atoms with Gasteiger partial charge in [-0.2, -0.15) is 0 Å². The molecule has 0 saturated carbocycles. The van der Waals surface area contributed by atoms with Crippen molar-refractivity contribution in [3.63, 3.8) is 0 Å². The molecule has 0 aromatic heterocycles. The topological polar surface area (TPSA) is 251 Å². The Labute approximate surface area is 370 Å². The molecule has 4 rings (SSSR count). The summed E-state index contributed by atoms with van der Waals surface area (Å²) in [5.74, 6) is -3.13. The van der Waals surface area contributed by atoms with Gasteiger partial charge in [-0.3, -0.25) is 14.4 Å². The van der Waals surface area contributed by atoms with Crippen LogP contribution < -0.4 is 5.73 Å². The number of ether oxygens (including phenoxy) is 10. The first kappa shape index (κ1) is 52.7. The van der Waals surface area contributed by atoms with E-state index in [1.807, 2.05) is 52.2 Å². The monoisotopic (exact) mass is 900 g/mol. The minimum absolute atomic E-state index is 0.0906. The van der Waals surface area contributed by atoms with Crippen molar-refractivity contribution in [1.82, 2.24) is 4.90 Å². The van der Waals surface area contributed by atoms with Gasteiger partial charge in [0.15, 0.2) is 31.3 Å². The molecule has 4 aliphatic rings. The SMILES string of the molecule is CO[C@@H]1[C@@H](O[C@H]2O[C@@H](C)[C@H](O[C@H]3C[C@@](C)(O)[C@@H](OC(C)=O)[C@H](O)O3)[C@@H](N)[C@@H]2O)[C@@H](CC=O)C[C@@H](C)[C@H](O[C@@H]2CC[C@@H](N(C)C)[C@H](C)O2)/C=C/C=C/C[C@@H](C)OC(=O)C[C@H]1OC(C)=O. The number of nitrogens with zero attached hydrogens (tertiary/aromatic N) is 1. The molecular formula is C44H72N2O17. The minimum atomic E-state index is -1.76. The van der Waals surface area contributed by atoms with Gasteiger partial charge in [-0.1, -0.05) is 31.2 Å². The lowest BCUT2D eigenvalue weighted by Gasteiger charge is -2.48. The summed E-state index contributed by atoms with van der Waals surface area (Å²) in [4.78, 5) is 52.3. The number of allylic oxidation sites excluding steroid dienone is 2. The molecule has 3 fully saturated rings. The largest absolute Gasteiger partial charge is 0.462 e. The summed E-state index contributed by atoms with van der Waals surface area (Å²) in [5.41, 5.74) is 4.86. The van der Waals surface area contributed by atoms with Crippen molar-refractivity contribution in [2.75, 3.05) is 21.2 Å². The van der Waals surface area contributed by atoms with Gasteiger partial charge in [0.2, 0.25) is 0 Å². The van der Waals surface area contributed by atoms with Gasteiger partial charge in [0, 0.05) is 46.3 Å². The van der Waals surface area contributed by atoms with Crippen LogP contribution in [-0.2, 0) is 66.5 Å². The van der Waals surface area contributed by atoms with Crippen LogP contribution >= 0.6 is 0 Å². The third-order valence-corrected chi connectivity index (χ3v) is 12.2. The number of hydrogen-bond donors (Lipinski definition) is 4. The molecule has 0 amide bonds. The molecule has 0 spiro atoms. The summed E-state index contributed by atoms with van der Waals surface area (Å²) < 4.78 is 60.1. The van der Waals surface area contributed by atoms with Gasteiger partial charge in [0.25, 0.3) is 0 Å². The number of aliphatic hydroxyl groups is 3. The van der Waals surface area contributed by atoms with E-state index in [0.717, 1.165) is 19.6 Å². The first-order chi connectivity index (χ1) is 29.6. The second-order valence-corrected chi connectivity index (χ2v) is 17.8. The maximum absolute atomic E-state index is 13.4. The van der Waals surface area contributed by atoms with Gasteiger partial charge < -0.3 is 78.1 Å². The lowest BCUT2D eigenvalue weighted by Crippen LogP contribution is -2.65. The van der Waals surface area contributed by atoms with Gasteiger partial charge >= 0.3 is 17.9 Å². The summed E-state index contributed by atoms with van der Waals surface area (Å²) in [6, 6.07) is -0.992. The summed E-state index contributed by atoms with van der Waals surface area (Å²) in [7, 11) is 5.39. The highest BCUT2D eigenvalue weighted by Gasteiger charge is 2.52. The minimum Gasteiger partial charge on any atom is -0.462 e. The Balaban J connectivity index is 1.67. The van der Waals surface area contributed by atoms with Gasteiger partial charge in [-0.25, -0.2) is 0 Å². The van der Waals surface area contributed by atoms with E-state index in [9.17, 15) is 34.5 Å². The van der Waals surface area contributed by atoms with E-state index in [1.54, 1.807) is 13.8 Å². The van der Waals surface area contributed by atoms with Crippen LogP contribution in [0.2, 0.25) is 0 Å². The number of methoxy groups -OCH3 is 1. The fourth-order valence-corrected chi connectivity index (χ4v) is 8.94. The average Bonchev–Trinajstić information content (AvgIpc) is 3.17. The van der Waals surface area contributed by atoms with Crippen LogP contribution in [0.3, 0.4) is 0 Å². The van der Waals surface area contributed by atoms with Crippen LogP contribution in [-0.4, -0.2) is 170 Å². The first-order valence-electron chi connectivity index (χ1n) is 21.9. The van der Waals surface area contributed by atoms with Crippen LogP contribution in [0, 0.1) is 11.8 Å². The molecule has 19 atom stereocenters. The summed E-state index contributed by atoms with van der Waals surface area (Å²) in [5, 5.41) is 33.4. The number of carbonyl (C=O) groups excluding carboxylic acids is 4. The van der Waals surface area contributed by atoms with Gasteiger partial charge in [-0.15, -0.1) is 0 Å². The van der Waals surface area contributed by atoms with Crippen molar-refractivity contribution in [3.8, 4) is 0 Å². The zero-order valence-corrected chi connectivity index (χ0v) is 38.3. The van der Waals surface area contributed by atoms with E-state index < -0.39 is 122 Å². The van der Waals surface area contributed by atoms with Crippen LogP contribution in [0.5, 0.6) is 0 Å². The van der Waals surface area contributed by atoms with Gasteiger partial charge in [0.05, 0.1) is 36.9 Å². The molecule has 4 heterocycles. The number of likely N-dealkylation sites (N-methyl/N-ethyl adjacent to an activating group) is 1. The molecule has 5 N–H and O–H groups in total. The Morgan fingerprint density at radius 3 is 2.24 bits per heavy atom. The van der Waals surface area contributed by atoms with Gasteiger partial charge in [0.1, 0.15) is 42.4 Å². The number of esters is 3. The molecular weight excluding hydrogens is 828 g/mol. The van der Waals surface area contributed by atoms with Crippen molar-refractivity contribution < 1.29 is 81.9 Å². The highest BCUT2D eigenvalue weighted by molar-refractivity contribution is 5.72. The second kappa shape index (κ2) is 24.0. The standard InChI is InChI=1S/C44H72N2O17/c1-23-20-29(18-19-47)39(63-43-37(51)36(45)38(26(4)57-43)61-35-22-44(7,53)41(42(52)62-35)59-28(6)49)40(54-10)32(58-27(5)48)21-33(50)55-24(2)14-12-11-13-15-31(23)60-34-17-16-30(46(8)9)25(3)56-34/h11-13,15,19,23-26,29-32,34-43,51-53H,14,16-18,20-22,45H2,1-10H3/b12-11+,15-13+/t23-,24-,25+,26+,29+,30-,31-,32-,34-,35-,36+,37+,38+,39+,40+,41+,42-,43-,44-/m1/s1. The Bertz CT molecular complexity index is 1550. The highest BCUT2D eigenvalue weighted by Crippen LogP contribution is 2.37. The molecule has 3 saturated heterocycles. The van der Waals surface area contributed by atoms with Crippen molar-refractivity contribution in [1.29, 1.82) is 0 Å². The van der Waals surface area contributed by atoms with Crippen LogP contribution in [0.15, 0.2) is 24.3 Å². The second-order valence-electron chi connectivity index (χ2n) is 17.8. The maximum Gasteiger partial charge on any atom is 0.309 e. The highest BCUT2D eigenvalue weighted by atomic mass is 16.8. The molecule has 0 radical (unpaired) electrons. The lowest BCUT2D eigenvalue weighted by atomic mass is 9.82. The Morgan fingerprint density at radius 2 is 1.63 bits per heavy atom. The fraction of sp³-hybridized carbons (Fsp3) is 0.818. The Kier molecular flexibility index (Phi) is 20.1. The van der Waals surface area contributed by atoms with E-state index in [-0.39, 0.29) is 37.3 Å². The zero-order chi connectivity index (χ0) is 46.8. The maximum atomic E-state index is 13.4. The van der Waals surface area contributed by atoms with Crippen molar-refractivity contribution in [2.45, 2.75) is 197 Å². The molecule has 19 heteroatoms. The molecule has 4 aliphatic heterocycles. The van der Waals surface area contributed by atoms with Crippen molar-refractivity contribution >= 4 is 24.2 Å². The van der Waals surface area contributed by atoms with Crippen molar-refractivity contribution in [2.24, 2.45) is 17.6 Å². The number of hydrogen-bond acceptors (Lipinski definition) is 19. The average molecular weight is 901 g/mol. The predicted molar refractivity (Wildman–Crippen MR) is 223 cm³/mol. The van der Waals surface area contributed by atoms with Crippen LogP contribution in [0.4, 0.5) is 0 Å². The molecule has 19 nitrogen and oxygen atoms in total. The van der Waals surface area contributed by atoms with E-state index in [4.69, 9.17) is 53.1 Å². The normalized spacial score (nSPS) is 43.3. The fourth-order valence-electron chi connectivity index (χ4n) is 8.94. The lowest BCUT2D eigenvalue weighted by molar-refractivity contribution is -0.359. The molecule has 63 heavy (non-hydrogen) atoms. The number of rotatable bonds is 12. The number of aldehydes is 1. The smallest absolute Gasteiger partial charge is 0.309 e. The third kappa shape index (κ3) is 14.8. The molecule has 0 aromatic carbocycles. The number of aliphatic hydroxyl groups excluding tert-OH is 2. The number of nitrogens with two attached hydrogens (primary N) is 1. The molecule has 360 valence electrons. The Hall–Kier alpha value is -2.92. The molecule has 0 unspecified atom stereocenters. The van der Waals surface area contributed by atoms with E-state index in [1.165, 1.54) is 21.0 Å². The van der Waals surface area contributed by atoms with Crippen molar-refractivity contribution in [3.05, 3.63) is 24.3 Å². The predicted octanol–water partition coefficient (Wildman–Crippen LogP) is 1.79. The Morgan fingerprint density at radius 1 is 0.937 bits per heavy atom. The van der Waals surface area contributed by atoms with Crippen LogP contribution in [0.1, 0.15) is 93.4 Å². The summed E-state index contributed by atoms with van der Waals surface area (Å²) in [6.45, 7) is 11.0. The van der Waals surface area contributed by atoms with Crippen LogP contribution in [0.25, 0.3) is 0 Å². The third-order valence-electron chi connectivity index (χ3n) is 12.2. The first-order valence-corrected chi connectivity index (χ1v) is 21.9. The van der Waals surface area contributed by atoms with E-state index in [2.05, 4.69) is 4.90 Å². The number of cyclic esters (lactones) is 1. The summed E-state index contributed by atoms with van der Waals surface area (Å²) in [6.07, 6.45) is -5.18. The van der Waals surface area contributed by atoms with E-state index >= 15 is 0 Å². The molecule has 0 bridgehead atoms.